The van der Waals surface area contributed by atoms with Gasteiger partial charge in [-0.1, -0.05) is 12.8 Å². The summed E-state index contributed by atoms with van der Waals surface area (Å²) in [4.78, 5) is 21.6. The monoisotopic (exact) mass is 214 g/mol. The van der Waals surface area contributed by atoms with Crippen molar-refractivity contribution in [3.05, 3.63) is 0 Å². The molecule has 1 aliphatic rings. The summed E-state index contributed by atoms with van der Waals surface area (Å²) in [6, 6.07) is -1.24. The fourth-order valence-electron chi connectivity index (χ4n) is 1.31. The first kappa shape index (κ1) is 11.8. The number of urea groups is 1. The topological polar surface area (TPSA) is 78.4 Å². The molecule has 5 nitrogen and oxygen atoms in total. The van der Waals surface area contributed by atoms with Crippen LogP contribution >= 0.6 is 0 Å². The summed E-state index contributed by atoms with van der Waals surface area (Å²) in [6.45, 7) is 2.06. The predicted molar refractivity (Wildman–Crippen MR) is 55.6 cm³/mol. The van der Waals surface area contributed by atoms with Crippen molar-refractivity contribution in [2.75, 3.05) is 6.54 Å². The molecule has 1 atom stereocenters. The van der Waals surface area contributed by atoms with Crippen LogP contribution < -0.4 is 10.6 Å². The fraction of sp³-hybridized carbons (Fsp3) is 0.800. The number of nitrogens with one attached hydrogen (secondary N) is 2. The Morgan fingerprint density at radius 1 is 1.47 bits per heavy atom. The molecule has 0 spiro atoms. The van der Waals surface area contributed by atoms with Crippen molar-refractivity contribution in [3.8, 4) is 0 Å². The lowest BCUT2D eigenvalue weighted by atomic mass is 10.2. The van der Waals surface area contributed by atoms with Crippen molar-refractivity contribution in [3.63, 3.8) is 0 Å². The largest absolute Gasteiger partial charge is 0.480 e. The van der Waals surface area contributed by atoms with E-state index in [-0.39, 0.29) is 0 Å². The highest BCUT2D eigenvalue weighted by Crippen LogP contribution is 2.33. The maximum Gasteiger partial charge on any atom is 0.325 e. The quantitative estimate of drug-likeness (QED) is 0.576. The Kier molecular flexibility index (Phi) is 4.39. The summed E-state index contributed by atoms with van der Waals surface area (Å²) in [6.07, 6.45) is 4.78. The third-order valence-corrected chi connectivity index (χ3v) is 2.49. The second-order valence-corrected chi connectivity index (χ2v) is 4.05. The first-order valence-corrected chi connectivity index (χ1v) is 5.36. The van der Waals surface area contributed by atoms with Crippen LogP contribution in [-0.2, 0) is 4.79 Å². The van der Waals surface area contributed by atoms with Gasteiger partial charge in [0, 0.05) is 6.54 Å². The second kappa shape index (κ2) is 5.58. The van der Waals surface area contributed by atoms with Crippen LogP contribution in [0.1, 0.15) is 32.6 Å². The summed E-state index contributed by atoms with van der Waals surface area (Å²) in [7, 11) is 0. The molecule has 0 aromatic heterocycles. The van der Waals surface area contributed by atoms with Crippen molar-refractivity contribution >= 4 is 12.0 Å². The van der Waals surface area contributed by atoms with E-state index in [1.54, 1.807) is 0 Å². The Hall–Kier alpha value is -1.26. The number of carboxylic acid groups (broad SMARTS) is 1. The van der Waals surface area contributed by atoms with Gasteiger partial charge in [-0.25, -0.2) is 4.79 Å². The van der Waals surface area contributed by atoms with Gasteiger partial charge in [-0.2, -0.15) is 0 Å². The van der Waals surface area contributed by atoms with Gasteiger partial charge in [-0.3, -0.25) is 4.79 Å². The zero-order chi connectivity index (χ0) is 11.3. The minimum absolute atomic E-state index is 0.402. The molecule has 86 valence electrons. The van der Waals surface area contributed by atoms with E-state index in [9.17, 15) is 9.59 Å². The van der Waals surface area contributed by atoms with Crippen molar-refractivity contribution < 1.29 is 14.7 Å². The van der Waals surface area contributed by atoms with E-state index in [1.807, 2.05) is 0 Å². The third-order valence-electron chi connectivity index (χ3n) is 2.49. The molecule has 0 bridgehead atoms. The van der Waals surface area contributed by atoms with Gasteiger partial charge in [0.15, 0.2) is 0 Å². The van der Waals surface area contributed by atoms with Crippen LogP contribution in [-0.4, -0.2) is 29.7 Å². The molecule has 0 aromatic carbocycles. The highest BCUT2D eigenvalue weighted by Gasteiger charge is 2.20. The number of carboxylic acids is 1. The average molecular weight is 214 g/mol. The molecular weight excluding hydrogens is 196 g/mol. The zero-order valence-electron chi connectivity index (χ0n) is 8.95. The number of hydrogen-bond donors (Lipinski definition) is 3. The molecule has 1 saturated carbocycles. The molecule has 1 fully saturated rings. The number of carbonyl (C=O) groups is 2. The van der Waals surface area contributed by atoms with Gasteiger partial charge < -0.3 is 15.7 Å². The molecule has 1 aliphatic carbocycles. The molecule has 2 amide bonds. The number of hydrogen-bond acceptors (Lipinski definition) is 2. The van der Waals surface area contributed by atoms with E-state index in [4.69, 9.17) is 5.11 Å². The maximum absolute atomic E-state index is 11.1. The van der Waals surface area contributed by atoms with Crippen LogP contribution in [0.25, 0.3) is 0 Å². The molecular formula is C10H18N2O3. The molecule has 0 aromatic rings. The Bertz CT molecular complexity index is 239. The van der Waals surface area contributed by atoms with Crippen LogP contribution in [0.4, 0.5) is 4.79 Å². The fourth-order valence-corrected chi connectivity index (χ4v) is 1.31. The van der Waals surface area contributed by atoms with E-state index >= 15 is 0 Å². The standard InChI is InChI=1S/C10H18N2O3/c1-7(9(13)14)12-10(15)11-6-2-3-8-4-5-8/h7-8H,2-6H2,1H3,(H,13,14)(H2,11,12,15)/t7-/m1/s1. The Morgan fingerprint density at radius 3 is 2.67 bits per heavy atom. The highest BCUT2D eigenvalue weighted by atomic mass is 16.4. The smallest absolute Gasteiger partial charge is 0.325 e. The molecule has 15 heavy (non-hydrogen) atoms. The lowest BCUT2D eigenvalue weighted by Gasteiger charge is -2.10. The molecule has 0 aliphatic heterocycles. The van der Waals surface area contributed by atoms with Gasteiger partial charge in [-0.15, -0.1) is 0 Å². The van der Waals surface area contributed by atoms with Gasteiger partial charge in [0.1, 0.15) is 6.04 Å². The molecule has 3 N–H and O–H groups in total. The van der Waals surface area contributed by atoms with Gasteiger partial charge >= 0.3 is 12.0 Å². The predicted octanol–water partition coefficient (Wildman–Crippen LogP) is 0.949. The summed E-state index contributed by atoms with van der Waals surface area (Å²) in [5, 5.41) is 13.5. The van der Waals surface area contributed by atoms with Crippen molar-refractivity contribution in [1.29, 1.82) is 0 Å². The minimum Gasteiger partial charge on any atom is -0.480 e. The van der Waals surface area contributed by atoms with Gasteiger partial charge in [0.25, 0.3) is 0 Å². The number of rotatable bonds is 6. The molecule has 1 rings (SSSR count). The zero-order valence-corrected chi connectivity index (χ0v) is 8.95. The highest BCUT2D eigenvalue weighted by molar-refractivity contribution is 5.82. The van der Waals surface area contributed by atoms with Crippen molar-refractivity contribution in [2.45, 2.75) is 38.6 Å². The second-order valence-electron chi connectivity index (χ2n) is 4.05. The third kappa shape index (κ3) is 5.24. The molecule has 0 saturated heterocycles. The summed E-state index contributed by atoms with van der Waals surface area (Å²) >= 11 is 0. The lowest BCUT2D eigenvalue weighted by molar-refractivity contribution is -0.138. The van der Waals surface area contributed by atoms with E-state index in [0.717, 1.165) is 18.8 Å². The Labute approximate surface area is 89.2 Å². The van der Waals surface area contributed by atoms with Crippen LogP contribution in [0.15, 0.2) is 0 Å². The SMILES string of the molecule is C[C@@H](NC(=O)NCCCC1CC1)C(=O)O. The number of amides is 2. The minimum atomic E-state index is -1.02. The molecule has 0 radical (unpaired) electrons. The molecule has 0 unspecified atom stereocenters. The average Bonchev–Trinajstić information content (AvgIpc) is 2.95. The van der Waals surface area contributed by atoms with E-state index in [1.165, 1.54) is 19.8 Å². The molecule has 0 heterocycles. The normalized spacial score (nSPS) is 16.9. The van der Waals surface area contributed by atoms with Gasteiger partial charge in [0.2, 0.25) is 0 Å². The number of carbonyl (C=O) groups excluding carboxylic acids is 1. The maximum atomic E-state index is 11.1. The summed E-state index contributed by atoms with van der Waals surface area (Å²) in [5.41, 5.74) is 0. The summed E-state index contributed by atoms with van der Waals surface area (Å²) in [5.74, 6) is -0.157. The van der Waals surface area contributed by atoms with Crippen LogP contribution in [0, 0.1) is 5.92 Å². The first-order valence-electron chi connectivity index (χ1n) is 5.36. The van der Waals surface area contributed by atoms with E-state index in [2.05, 4.69) is 10.6 Å². The Balaban J connectivity index is 1.99. The molecule has 5 heteroatoms. The van der Waals surface area contributed by atoms with Crippen molar-refractivity contribution in [2.24, 2.45) is 5.92 Å². The number of aliphatic carboxylic acids is 1. The lowest BCUT2D eigenvalue weighted by Crippen LogP contribution is -2.44. The first-order chi connectivity index (χ1) is 7.09. The van der Waals surface area contributed by atoms with Crippen LogP contribution in [0.3, 0.4) is 0 Å². The van der Waals surface area contributed by atoms with E-state index < -0.39 is 18.0 Å². The van der Waals surface area contributed by atoms with Crippen molar-refractivity contribution in [1.82, 2.24) is 10.6 Å². The summed E-state index contributed by atoms with van der Waals surface area (Å²) < 4.78 is 0. The van der Waals surface area contributed by atoms with Gasteiger partial charge in [0.05, 0.1) is 0 Å². The van der Waals surface area contributed by atoms with Crippen LogP contribution in [0.2, 0.25) is 0 Å². The van der Waals surface area contributed by atoms with Gasteiger partial charge in [-0.05, 0) is 25.7 Å². The Morgan fingerprint density at radius 2 is 2.13 bits per heavy atom. The van der Waals surface area contributed by atoms with Crippen LogP contribution in [0.5, 0.6) is 0 Å². The van der Waals surface area contributed by atoms with E-state index in [0.29, 0.717) is 6.54 Å².